The van der Waals surface area contributed by atoms with Gasteiger partial charge < -0.3 is 4.42 Å². The van der Waals surface area contributed by atoms with Gasteiger partial charge in [0, 0.05) is 27.5 Å². The second-order valence-corrected chi connectivity index (χ2v) is 15.7. The number of rotatable bonds is 6. The molecule has 0 radical (unpaired) electrons. The zero-order valence-corrected chi connectivity index (χ0v) is 33.1. The maximum absolute atomic E-state index is 6.22. The zero-order chi connectivity index (χ0) is 40.3. The van der Waals surface area contributed by atoms with Crippen LogP contribution < -0.4 is 0 Å². The average molecular weight is 777 g/mol. The standard InChI is InChI=1S/C58H36N2O/c1-3-15-37(16-4-1)41-31-42(39-28-30-57-53(34-39)51-25-13-14-26-56(51)61-57)33-43(32-41)54-36-55(60-58(59-54)38-17-5-2-6-18-38)50-24-12-7-19-44(50)40-27-29-49-47-22-9-8-20-45(47)46-21-10-11-23-48(46)52(49)35-40/h1-36H. The van der Waals surface area contributed by atoms with E-state index in [1.807, 2.05) is 30.3 Å². The first-order valence-corrected chi connectivity index (χ1v) is 20.7. The van der Waals surface area contributed by atoms with E-state index in [2.05, 4.69) is 188 Å². The molecule has 0 saturated carbocycles. The van der Waals surface area contributed by atoms with Gasteiger partial charge in [0.2, 0.25) is 0 Å². The molecule has 3 heteroatoms. The third-order valence-corrected chi connectivity index (χ3v) is 12.1. The summed E-state index contributed by atoms with van der Waals surface area (Å²) in [6.07, 6.45) is 0. The van der Waals surface area contributed by atoms with Crippen LogP contribution >= 0.6 is 0 Å². The largest absolute Gasteiger partial charge is 0.456 e. The smallest absolute Gasteiger partial charge is 0.160 e. The summed E-state index contributed by atoms with van der Waals surface area (Å²) < 4.78 is 6.22. The molecule has 284 valence electrons. The first-order chi connectivity index (χ1) is 30.2. The lowest BCUT2D eigenvalue weighted by atomic mass is 9.90. The Balaban J connectivity index is 1.06. The minimum Gasteiger partial charge on any atom is -0.456 e. The molecule has 0 aliphatic carbocycles. The normalized spacial score (nSPS) is 11.6. The van der Waals surface area contributed by atoms with Gasteiger partial charge in [-0.2, -0.15) is 0 Å². The van der Waals surface area contributed by atoms with Crippen LogP contribution in [0.4, 0.5) is 0 Å². The summed E-state index contributed by atoms with van der Waals surface area (Å²) in [6, 6.07) is 77.6. The Kier molecular flexibility index (Phi) is 8.17. The van der Waals surface area contributed by atoms with Crippen LogP contribution in [-0.2, 0) is 0 Å². The van der Waals surface area contributed by atoms with E-state index in [0.29, 0.717) is 5.82 Å². The molecule has 61 heavy (non-hydrogen) atoms. The Labute approximate surface area is 352 Å². The van der Waals surface area contributed by atoms with Crippen molar-refractivity contribution >= 4 is 54.3 Å². The first kappa shape index (κ1) is 34.9. The van der Waals surface area contributed by atoms with Crippen molar-refractivity contribution in [3.8, 4) is 67.3 Å². The number of hydrogen-bond donors (Lipinski definition) is 0. The highest BCUT2D eigenvalue weighted by Crippen LogP contribution is 2.41. The number of aromatic nitrogens is 2. The fourth-order valence-corrected chi connectivity index (χ4v) is 9.13. The number of hydrogen-bond acceptors (Lipinski definition) is 3. The molecule has 3 nitrogen and oxygen atoms in total. The van der Waals surface area contributed by atoms with Crippen molar-refractivity contribution in [2.75, 3.05) is 0 Å². The SMILES string of the molecule is c1ccc(-c2cc(-c3ccc4oc5ccccc5c4c3)cc(-c3cc(-c4ccccc4-c4ccc5c6ccccc6c6ccccc6c5c4)nc(-c4ccccc4)n3)c2)cc1. The van der Waals surface area contributed by atoms with Gasteiger partial charge in [-0.3, -0.25) is 0 Å². The minimum absolute atomic E-state index is 0.678. The van der Waals surface area contributed by atoms with Crippen LogP contribution in [0.25, 0.3) is 122 Å². The maximum atomic E-state index is 6.22. The van der Waals surface area contributed by atoms with Crippen molar-refractivity contribution in [1.29, 1.82) is 0 Å². The molecule has 2 heterocycles. The monoisotopic (exact) mass is 776 g/mol. The second-order valence-electron chi connectivity index (χ2n) is 15.7. The highest BCUT2D eigenvalue weighted by molar-refractivity contribution is 6.25. The van der Waals surface area contributed by atoms with Gasteiger partial charge in [0.25, 0.3) is 0 Å². The van der Waals surface area contributed by atoms with E-state index in [1.54, 1.807) is 0 Å². The summed E-state index contributed by atoms with van der Waals surface area (Å²) in [4.78, 5) is 10.7. The highest BCUT2D eigenvalue weighted by Gasteiger charge is 2.18. The van der Waals surface area contributed by atoms with E-state index in [9.17, 15) is 0 Å². The number of para-hydroxylation sites is 1. The molecule has 0 spiro atoms. The van der Waals surface area contributed by atoms with E-state index < -0.39 is 0 Å². The molecular weight excluding hydrogens is 741 g/mol. The summed E-state index contributed by atoms with van der Waals surface area (Å²) in [6.45, 7) is 0. The average Bonchev–Trinajstić information content (AvgIpc) is 3.72. The molecule has 0 unspecified atom stereocenters. The Morgan fingerprint density at radius 3 is 1.46 bits per heavy atom. The summed E-state index contributed by atoms with van der Waals surface area (Å²) in [7, 11) is 0. The zero-order valence-electron chi connectivity index (χ0n) is 33.1. The van der Waals surface area contributed by atoms with Crippen molar-refractivity contribution in [2.24, 2.45) is 0 Å². The minimum atomic E-state index is 0.678. The molecule has 10 aromatic carbocycles. The fourth-order valence-electron chi connectivity index (χ4n) is 9.13. The molecule has 0 amide bonds. The number of fused-ring (bicyclic) bond motifs is 9. The predicted octanol–water partition coefficient (Wildman–Crippen LogP) is 15.8. The van der Waals surface area contributed by atoms with Crippen LogP contribution in [0, 0.1) is 0 Å². The van der Waals surface area contributed by atoms with E-state index >= 15 is 0 Å². The van der Waals surface area contributed by atoms with Crippen molar-refractivity contribution in [1.82, 2.24) is 9.97 Å². The lowest BCUT2D eigenvalue weighted by Gasteiger charge is -2.16. The van der Waals surface area contributed by atoms with E-state index in [4.69, 9.17) is 14.4 Å². The summed E-state index contributed by atoms with van der Waals surface area (Å²) in [5, 5.41) is 9.75. The second kappa shape index (κ2) is 14.3. The predicted molar refractivity (Wildman–Crippen MR) is 254 cm³/mol. The Hall–Kier alpha value is -8.14. The van der Waals surface area contributed by atoms with Gasteiger partial charge in [0.1, 0.15) is 11.2 Å². The molecule has 0 aliphatic heterocycles. The van der Waals surface area contributed by atoms with Crippen molar-refractivity contribution in [3.63, 3.8) is 0 Å². The van der Waals surface area contributed by atoms with E-state index in [1.165, 1.54) is 32.3 Å². The quantitative estimate of drug-likeness (QED) is 0.158. The van der Waals surface area contributed by atoms with E-state index in [-0.39, 0.29) is 0 Å². The van der Waals surface area contributed by atoms with Crippen LogP contribution in [0.15, 0.2) is 223 Å². The number of benzene rings is 10. The van der Waals surface area contributed by atoms with Gasteiger partial charge in [-0.15, -0.1) is 0 Å². The third kappa shape index (κ3) is 6.06. The molecule has 0 saturated heterocycles. The van der Waals surface area contributed by atoms with Crippen molar-refractivity contribution in [3.05, 3.63) is 218 Å². The topological polar surface area (TPSA) is 38.9 Å². The Morgan fingerprint density at radius 1 is 0.246 bits per heavy atom. The number of furan rings is 1. The van der Waals surface area contributed by atoms with Crippen LogP contribution in [0.5, 0.6) is 0 Å². The van der Waals surface area contributed by atoms with Crippen LogP contribution in [0.3, 0.4) is 0 Å². The molecule has 12 aromatic rings. The number of nitrogens with zero attached hydrogens (tertiary/aromatic N) is 2. The maximum Gasteiger partial charge on any atom is 0.160 e. The molecule has 0 atom stereocenters. The first-order valence-electron chi connectivity index (χ1n) is 20.7. The molecule has 2 aromatic heterocycles. The summed E-state index contributed by atoms with van der Waals surface area (Å²) in [5.74, 6) is 0.678. The van der Waals surface area contributed by atoms with Crippen LogP contribution in [0.2, 0.25) is 0 Å². The molecule has 0 bridgehead atoms. The Morgan fingerprint density at radius 2 is 0.738 bits per heavy atom. The van der Waals surface area contributed by atoms with Gasteiger partial charge >= 0.3 is 0 Å². The van der Waals surface area contributed by atoms with Gasteiger partial charge in [-0.25, -0.2) is 9.97 Å². The molecule has 12 rings (SSSR count). The van der Waals surface area contributed by atoms with Gasteiger partial charge in [-0.1, -0.05) is 170 Å². The Bertz CT molecular complexity index is 3610. The van der Waals surface area contributed by atoms with Crippen molar-refractivity contribution in [2.45, 2.75) is 0 Å². The lowest BCUT2D eigenvalue weighted by Crippen LogP contribution is -1.97. The van der Waals surface area contributed by atoms with Crippen LogP contribution in [-0.4, -0.2) is 9.97 Å². The summed E-state index contributed by atoms with van der Waals surface area (Å²) in [5.41, 5.74) is 13.2. The van der Waals surface area contributed by atoms with Gasteiger partial charge in [-0.05, 0) is 114 Å². The highest BCUT2D eigenvalue weighted by atomic mass is 16.3. The molecule has 0 fully saturated rings. The molecule has 0 aliphatic rings. The van der Waals surface area contributed by atoms with Gasteiger partial charge in [0.15, 0.2) is 5.82 Å². The van der Waals surface area contributed by atoms with Crippen molar-refractivity contribution < 1.29 is 4.42 Å². The van der Waals surface area contributed by atoms with E-state index in [0.717, 1.165) is 83.4 Å². The molecular formula is C58H36N2O. The fraction of sp³-hybridized carbons (Fsp3) is 0. The van der Waals surface area contributed by atoms with Crippen LogP contribution in [0.1, 0.15) is 0 Å². The van der Waals surface area contributed by atoms with Gasteiger partial charge in [0.05, 0.1) is 11.4 Å². The lowest BCUT2D eigenvalue weighted by molar-refractivity contribution is 0.669. The summed E-state index contributed by atoms with van der Waals surface area (Å²) >= 11 is 0. The third-order valence-electron chi connectivity index (χ3n) is 12.1. The molecule has 0 N–H and O–H groups in total.